The van der Waals surface area contributed by atoms with Crippen LogP contribution in [0.4, 0.5) is 11.4 Å². The average Bonchev–Trinajstić information content (AvgIpc) is 2.41. The third kappa shape index (κ3) is 2.85. The number of hydrogen-bond donors (Lipinski definition) is 1. The first-order valence-corrected chi connectivity index (χ1v) is 6.40. The number of nitro benzene ring substituents is 1. The molecule has 1 aromatic carbocycles. The number of anilines is 1. The molecule has 1 fully saturated rings. The van der Waals surface area contributed by atoms with Crippen molar-refractivity contribution in [2.45, 2.75) is 0 Å². The quantitative estimate of drug-likeness (QED) is 0.502. The standard InChI is InChI=1S/C11H12BrN3O4/c12-7-5-8(10(13)9(6-7)15(17)18)11(16)14-1-3-19-4-2-14/h5-6H,1-4,13H2. The summed E-state index contributed by atoms with van der Waals surface area (Å²) in [7, 11) is 0. The van der Waals surface area contributed by atoms with Crippen LogP contribution in [0.2, 0.25) is 0 Å². The lowest BCUT2D eigenvalue weighted by atomic mass is 10.1. The summed E-state index contributed by atoms with van der Waals surface area (Å²) in [4.78, 5) is 24.2. The van der Waals surface area contributed by atoms with E-state index in [1.165, 1.54) is 12.1 Å². The largest absolute Gasteiger partial charge is 0.393 e. The molecule has 2 rings (SSSR count). The highest BCUT2D eigenvalue weighted by atomic mass is 79.9. The predicted molar refractivity (Wildman–Crippen MR) is 71.9 cm³/mol. The van der Waals surface area contributed by atoms with Gasteiger partial charge in [-0.25, -0.2) is 0 Å². The Hall–Kier alpha value is -1.67. The Morgan fingerprint density at radius 1 is 1.42 bits per heavy atom. The number of benzene rings is 1. The van der Waals surface area contributed by atoms with Gasteiger partial charge in [-0.05, 0) is 6.07 Å². The molecular formula is C11H12BrN3O4. The van der Waals surface area contributed by atoms with Crippen molar-refractivity contribution in [3.8, 4) is 0 Å². The lowest BCUT2D eigenvalue weighted by molar-refractivity contribution is -0.384. The lowest BCUT2D eigenvalue weighted by Crippen LogP contribution is -2.41. The molecule has 1 aromatic rings. The number of rotatable bonds is 2. The first kappa shape index (κ1) is 13.8. The minimum atomic E-state index is -0.601. The number of hydrogen-bond acceptors (Lipinski definition) is 5. The second-order valence-electron chi connectivity index (χ2n) is 4.05. The molecule has 7 nitrogen and oxygen atoms in total. The molecule has 1 amide bonds. The van der Waals surface area contributed by atoms with Gasteiger partial charge in [-0.1, -0.05) is 15.9 Å². The van der Waals surface area contributed by atoms with E-state index in [4.69, 9.17) is 10.5 Å². The van der Waals surface area contributed by atoms with Crippen LogP contribution in [0, 0.1) is 10.1 Å². The van der Waals surface area contributed by atoms with Gasteiger partial charge >= 0.3 is 0 Å². The summed E-state index contributed by atoms with van der Waals surface area (Å²) < 4.78 is 5.61. The second-order valence-corrected chi connectivity index (χ2v) is 4.96. The van der Waals surface area contributed by atoms with Crippen molar-refractivity contribution in [1.29, 1.82) is 0 Å². The minimum absolute atomic E-state index is 0.107. The lowest BCUT2D eigenvalue weighted by Gasteiger charge is -2.27. The first-order valence-electron chi connectivity index (χ1n) is 5.61. The third-order valence-electron chi connectivity index (χ3n) is 2.85. The molecule has 0 bridgehead atoms. The maximum absolute atomic E-state index is 12.3. The molecule has 8 heteroatoms. The highest BCUT2D eigenvalue weighted by Gasteiger charge is 2.25. The number of amides is 1. The van der Waals surface area contributed by atoms with Crippen LogP contribution < -0.4 is 5.73 Å². The van der Waals surface area contributed by atoms with E-state index in [2.05, 4.69) is 15.9 Å². The van der Waals surface area contributed by atoms with Crippen molar-refractivity contribution in [3.63, 3.8) is 0 Å². The molecule has 1 aliphatic heterocycles. The van der Waals surface area contributed by atoms with E-state index in [0.717, 1.165) is 0 Å². The molecule has 0 spiro atoms. The Morgan fingerprint density at radius 2 is 2.05 bits per heavy atom. The number of nitrogens with zero attached hydrogens (tertiary/aromatic N) is 2. The van der Waals surface area contributed by atoms with Crippen LogP contribution in [0.5, 0.6) is 0 Å². The zero-order valence-corrected chi connectivity index (χ0v) is 11.6. The van der Waals surface area contributed by atoms with Crippen LogP contribution in [0.1, 0.15) is 10.4 Å². The van der Waals surface area contributed by atoms with Gasteiger partial charge in [0.15, 0.2) is 0 Å². The highest BCUT2D eigenvalue weighted by molar-refractivity contribution is 9.10. The summed E-state index contributed by atoms with van der Waals surface area (Å²) in [5, 5.41) is 10.9. The Morgan fingerprint density at radius 3 is 2.63 bits per heavy atom. The predicted octanol–water partition coefficient (Wildman–Crippen LogP) is 1.41. The van der Waals surface area contributed by atoms with Crippen molar-refractivity contribution in [2.24, 2.45) is 0 Å². The maximum Gasteiger partial charge on any atom is 0.294 e. The van der Waals surface area contributed by atoms with Crippen LogP contribution >= 0.6 is 15.9 Å². The Balaban J connectivity index is 2.38. The first-order chi connectivity index (χ1) is 9.00. The van der Waals surface area contributed by atoms with Crippen LogP contribution in [-0.4, -0.2) is 42.0 Å². The molecule has 1 aliphatic rings. The van der Waals surface area contributed by atoms with Gasteiger partial charge in [0.1, 0.15) is 5.69 Å². The van der Waals surface area contributed by atoms with Gasteiger partial charge in [0.25, 0.3) is 11.6 Å². The van der Waals surface area contributed by atoms with Crippen LogP contribution in [0.15, 0.2) is 16.6 Å². The van der Waals surface area contributed by atoms with Gasteiger partial charge < -0.3 is 15.4 Å². The van der Waals surface area contributed by atoms with E-state index in [-0.39, 0.29) is 22.8 Å². The monoisotopic (exact) mass is 329 g/mol. The number of nitrogen functional groups attached to an aromatic ring is 1. The van der Waals surface area contributed by atoms with Gasteiger partial charge in [0.2, 0.25) is 0 Å². The van der Waals surface area contributed by atoms with Crippen molar-refractivity contribution in [1.82, 2.24) is 4.90 Å². The molecule has 102 valence electrons. The van der Waals surface area contributed by atoms with Crippen molar-refractivity contribution in [2.75, 3.05) is 32.0 Å². The average molecular weight is 330 g/mol. The molecule has 19 heavy (non-hydrogen) atoms. The Labute approximate surface area is 117 Å². The van der Waals surface area contributed by atoms with Gasteiger partial charge in [0, 0.05) is 23.6 Å². The smallest absolute Gasteiger partial charge is 0.294 e. The van der Waals surface area contributed by atoms with E-state index >= 15 is 0 Å². The summed E-state index contributed by atoms with van der Waals surface area (Å²) in [5.74, 6) is -0.315. The number of halogens is 1. The number of morpholine rings is 1. The number of ether oxygens (including phenoxy) is 1. The highest BCUT2D eigenvalue weighted by Crippen LogP contribution is 2.30. The van der Waals surface area contributed by atoms with Crippen LogP contribution in [0.3, 0.4) is 0 Å². The maximum atomic E-state index is 12.3. The van der Waals surface area contributed by atoms with Gasteiger partial charge in [-0.2, -0.15) is 0 Å². The molecule has 0 radical (unpaired) electrons. The molecular weight excluding hydrogens is 318 g/mol. The Kier molecular flexibility index (Phi) is 4.01. The van der Waals surface area contributed by atoms with Gasteiger partial charge in [-0.3, -0.25) is 14.9 Å². The molecule has 1 saturated heterocycles. The molecule has 0 unspecified atom stereocenters. The van der Waals surface area contributed by atoms with Gasteiger partial charge in [0.05, 0.1) is 23.7 Å². The molecule has 0 saturated carbocycles. The number of carbonyl (C=O) groups is 1. The zero-order chi connectivity index (χ0) is 14.0. The number of nitrogens with two attached hydrogens (primary N) is 1. The second kappa shape index (κ2) is 5.54. The fraction of sp³-hybridized carbons (Fsp3) is 0.364. The SMILES string of the molecule is Nc1c(C(=O)N2CCOCC2)cc(Br)cc1[N+](=O)[O-]. The van der Waals surface area contributed by atoms with Gasteiger partial charge in [-0.15, -0.1) is 0 Å². The minimum Gasteiger partial charge on any atom is -0.393 e. The zero-order valence-electron chi connectivity index (χ0n) is 9.97. The summed E-state index contributed by atoms with van der Waals surface area (Å²) in [5.41, 5.74) is 5.48. The van der Waals surface area contributed by atoms with E-state index in [0.29, 0.717) is 30.8 Å². The molecule has 1 heterocycles. The molecule has 2 N–H and O–H groups in total. The third-order valence-corrected chi connectivity index (χ3v) is 3.31. The molecule has 0 aromatic heterocycles. The van der Waals surface area contributed by atoms with Crippen LogP contribution in [0.25, 0.3) is 0 Å². The van der Waals surface area contributed by atoms with Crippen molar-refractivity contribution >= 4 is 33.2 Å². The fourth-order valence-corrected chi connectivity index (χ4v) is 2.31. The van der Waals surface area contributed by atoms with Crippen molar-refractivity contribution < 1.29 is 14.5 Å². The summed E-state index contributed by atoms with van der Waals surface area (Å²) in [6.45, 7) is 1.83. The van der Waals surface area contributed by atoms with E-state index in [1.807, 2.05) is 0 Å². The molecule has 0 atom stereocenters. The summed E-state index contributed by atoms with van der Waals surface area (Å²) >= 11 is 3.15. The molecule has 0 aliphatic carbocycles. The fourth-order valence-electron chi connectivity index (χ4n) is 1.87. The van der Waals surface area contributed by atoms with E-state index in [9.17, 15) is 14.9 Å². The van der Waals surface area contributed by atoms with Crippen molar-refractivity contribution in [3.05, 3.63) is 32.3 Å². The Bertz CT molecular complexity index is 529. The summed E-state index contributed by atoms with van der Waals surface area (Å²) in [6.07, 6.45) is 0. The topological polar surface area (TPSA) is 98.7 Å². The van der Waals surface area contributed by atoms with E-state index in [1.54, 1.807) is 4.90 Å². The number of nitro groups is 1. The number of carbonyl (C=O) groups excluding carboxylic acids is 1. The van der Waals surface area contributed by atoms with E-state index < -0.39 is 4.92 Å². The van der Waals surface area contributed by atoms with Crippen LogP contribution in [-0.2, 0) is 4.74 Å². The normalized spacial score (nSPS) is 15.3. The summed E-state index contributed by atoms with van der Waals surface area (Å²) in [6, 6.07) is 2.78.